The SMILES string of the molecule is O=C(Nc1ccc(Br)cc1F)c1cc(S(=O)(=O)NC2CCCC2)ccc1F. The number of carbonyl (C=O) groups is 1. The molecule has 9 heteroatoms. The lowest BCUT2D eigenvalue weighted by Crippen LogP contribution is -2.32. The molecule has 2 N–H and O–H groups in total. The summed E-state index contributed by atoms with van der Waals surface area (Å²) in [6.07, 6.45) is 3.39. The fourth-order valence-corrected chi connectivity index (χ4v) is 4.62. The van der Waals surface area contributed by atoms with E-state index in [2.05, 4.69) is 26.0 Å². The Balaban J connectivity index is 1.85. The van der Waals surface area contributed by atoms with Crippen LogP contribution in [0.1, 0.15) is 36.0 Å². The molecule has 0 unspecified atom stereocenters. The van der Waals surface area contributed by atoms with Crippen LogP contribution in [0.3, 0.4) is 0 Å². The van der Waals surface area contributed by atoms with Crippen LogP contribution in [0, 0.1) is 11.6 Å². The molecule has 144 valence electrons. The van der Waals surface area contributed by atoms with Gasteiger partial charge in [-0.05, 0) is 49.2 Å². The molecule has 0 bridgehead atoms. The van der Waals surface area contributed by atoms with Gasteiger partial charge in [0.2, 0.25) is 10.0 Å². The molecule has 3 rings (SSSR count). The second-order valence-electron chi connectivity index (χ2n) is 6.32. The molecule has 2 aromatic rings. The van der Waals surface area contributed by atoms with E-state index >= 15 is 0 Å². The Morgan fingerprint density at radius 3 is 2.41 bits per heavy atom. The van der Waals surface area contributed by atoms with E-state index in [0.29, 0.717) is 4.47 Å². The van der Waals surface area contributed by atoms with Gasteiger partial charge in [0.25, 0.3) is 5.91 Å². The van der Waals surface area contributed by atoms with Gasteiger partial charge >= 0.3 is 0 Å². The van der Waals surface area contributed by atoms with Gasteiger partial charge in [-0.2, -0.15) is 0 Å². The molecule has 1 aliphatic carbocycles. The number of hydrogen-bond acceptors (Lipinski definition) is 3. The number of sulfonamides is 1. The zero-order chi connectivity index (χ0) is 19.6. The number of amides is 1. The van der Waals surface area contributed by atoms with E-state index in [0.717, 1.165) is 49.9 Å². The van der Waals surface area contributed by atoms with Gasteiger partial charge in [0, 0.05) is 10.5 Å². The van der Waals surface area contributed by atoms with E-state index < -0.39 is 33.1 Å². The first-order chi connectivity index (χ1) is 12.8. The van der Waals surface area contributed by atoms with Crippen LogP contribution < -0.4 is 10.0 Å². The first kappa shape index (κ1) is 19.9. The summed E-state index contributed by atoms with van der Waals surface area (Å²) in [6, 6.07) is 6.80. The fraction of sp³-hybridized carbons (Fsp3) is 0.278. The molecule has 0 radical (unpaired) electrons. The zero-order valence-electron chi connectivity index (χ0n) is 14.1. The number of nitrogens with one attached hydrogen (secondary N) is 2. The van der Waals surface area contributed by atoms with E-state index in [9.17, 15) is 22.0 Å². The molecule has 0 saturated heterocycles. The number of halogens is 3. The molecule has 0 spiro atoms. The van der Waals surface area contributed by atoms with Crippen molar-refractivity contribution in [1.82, 2.24) is 4.72 Å². The molecule has 0 aromatic heterocycles. The Bertz CT molecular complexity index is 977. The average molecular weight is 459 g/mol. The van der Waals surface area contributed by atoms with Gasteiger partial charge in [-0.3, -0.25) is 4.79 Å². The summed E-state index contributed by atoms with van der Waals surface area (Å²) in [5, 5.41) is 2.26. The molecule has 27 heavy (non-hydrogen) atoms. The van der Waals surface area contributed by atoms with Crippen molar-refractivity contribution in [1.29, 1.82) is 0 Å². The molecule has 1 aliphatic rings. The van der Waals surface area contributed by atoms with Crippen LogP contribution in [0.5, 0.6) is 0 Å². The summed E-state index contributed by atoms with van der Waals surface area (Å²) >= 11 is 3.10. The Morgan fingerprint density at radius 2 is 1.74 bits per heavy atom. The maximum atomic E-state index is 14.1. The summed E-state index contributed by atoms with van der Waals surface area (Å²) in [6.45, 7) is 0. The van der Waals surface area contributed by atoms with Gasteiger partial charge in [0.15, 0.2) is 0 Å². The maximum Gasteiger partial charge on any atom is 0.258 e. The Hall–Kier alpha value is -1.84. The lowest BCUT2D eigenvalue weighted by Gasteiger charge is -2.14. The minimum atomic E-state index is -3.88. The quantitative estimate of drug-likeness (QED) is 0.704. The van der Waals surface area contributed by atoms with Crippen LogP contribution in [0.25, 0.3) is 0 Å². The van der Waals surface area contributed by atoms with E-state index in [1.807, 2.05) is 0 Å². The van der Waals surface area contributed by atoms with E-state index in [4.69, 9.17) is 0 Å². The Labute approximate surface area is 164 Å². The van der Waals surface area contributed by atoms with Gasteiger partial charge in [0.05, 0.1) is 16.1 Å². The largest absolute Gasteiger partial charge is 0.319 e. The lowest BCUT2D eigenvalue weighted by atomic mass is 10.2. The minimum absolute atomic E-state index is 0.139. The van der Waals surface area contributed by atoms with Crippen molar-refractivity contribution in [2.45, 2.75) is 36.6 Å². The van der Waals surface area contributed by atoms with E-state index in [1.165, 1.54) is 12.1 Å². The fourth-order valence-electron chi connectivity index (χ4n) is 2.96. The summed E-state index contributed by atoms with van der Waals surface area (Å²) in [4.78, 5) is 12.1. The topological polar surface area (TPSA) is 75.3 Å². The molecule has 1 saturated carbocycles. The van der Waals surface area contributed by atoms with Crippen LogP contribution in [-0.2, 0) is 10.0 Å². The molecule has 1 amide bonds. The van der Waals surface area contributed by atoms with Crippen LogP contribution in [0.15, 0.2) is 45.8 Å². The van der Waals surface area contributed by atoms with Crippen LogP contribution >= 0.6 is 15.9 Å². The van der Waals surface area contributed by atoms with Crippen molar-refractivity contribution < 1.29 is 22.0 Å². The Kier molecular flexibility index (Phi) is 5.92. The number of carbonyl (C=O) groups excluding carboxylic acids is 1. The first-order valence-corrected chi connectivity index (χ1v) is 10.6. The summed E-state index contributed by atoms with van der Waals surface area (Å²) in [5.74, 6) is -2.54. The highest BCUT2D eigenvalue weighted by Gasteiger charge is 2.25. The lowest BCUT2D eigenvalue weighted by molar-refractivity contribution is 0.102. The predicted molar refractivity (Wildman–Crippen MR) is 101 cm³/mol. The molecule has 1 fully saturated rings. The van der Waals surface area contributed by atoms with Gasteiger partial charge in [0.1, 0.15) is 11.6 Å². The summed E-state index contributed by atoms with van der Waals surface area (Å²) in [7, 11) is -3.88. The third-order valence-electron chi connectivity index (χ3n) is 4.35. The van der Waals surface area contributed by atoms with Crippen LogP contribution in [0.2, 0.25) is 0 Å². The summed E-state index contributed by atoms with van der Waals surface area (Å²) in [5.41, 5.74) is -0.619. The number of rotatable bonds is 5. The van der Waals surface area contributed by atoms with Crippen molar-refractivity contribution in [3.8, 4) is 0 Å². The standard InChI is InChI=1S/C18H17BrF2N2O3S/c19-11-5-8-17(16(21)9-11)22-18(24)14-10-13(6-7-15(14)20)27(25,26)23-12-3-1-2-4-12/h5-10,12,23H,1-4H2,(H,22,24). The van der Waals surface area contributed by atoms with Crippen molar-refractivity contribution >= 4 is 37.5 Å². The predicted octanol–water partition coefficient (Wildman–Crippen LogP) is 4.20. The van der Waals surface area contributed by atoms with Crippen LogP contribution in [0.4, 0.5) is 14.5 Å². The summed E-state index contributed by atoms with van der Waals surface area (Å²) < 4.78 is 56.0. The first-order valence-electron chi connectivity index (χ1n) is 8.34. The second-order valence-corrected chi connectivity index (χ2v) is 8.95. The number of benzene rings is 2. The van der Waals surface area contributed by atoms with Crippen molar-refractivity contribution in [3.63, 3.8) is 0 Å². The normalized spacial score (nSPS) is 15.1. The molecule has 5 nitrogen and oxygen atoms in total. The van der Waals surface area contributed by atoms with Gasteiger partial charge in [-0.1, -0.05) is 28.8 Å². The number of anilines is 1. The molecule has 0 heterocycles. The number of hydrogen-bond donors (Lipinski definition) is 2. The van der Waals surface area contributed by atoms with Crippen molar-refractivity contribution in [2.24, 2.45) is 0 Å². The van der Waals surface area contributed by atoms with E-state index in [-0.39, 0.29) is 16.6 Å². The van der Waals surface area contributed by atoms with Gasteiger partial charge in [-0.25, -0.2) is 21.9 Å². The van der Waals surface area contributed by atoms with Crippen molar-refractivity contribution in [3.05, 3.63) is 58.1 Å². The monoisotopic (exact) mass is 458 g/mol. The smallest absolute Gasteiger partial charge is 0.258 e. The second kappa shape index (κ2) is 8.04. The molecular formula is C18H17BrF2N2O3S. The highest BCUT2D eigenvalue weighted by Crippen LogP contribution is 2.23. The highest BCUT2D eigenvalue weighted by atomic mass is 79.9. The van der Waals surface area contributed by atoms with Gasteiger partial charge in [-0.15, -0.1) is 0 Å². The van der Waals surface area contributed by atoms with Crippen molar-refractivity contribution in [2.75, 3.05) is 5.32 Å². The molecule has 0 atom stereocenters. The van der Waals surface area contributed by atoms with Crippen LogP contribution in [-0.4, -0.2) is 20.4 Å². The third-order valence-corrected chi connectivity index (χ3v) is 6.36. The maximum absolute atomic E-state index is 14.1. The average Bonchev–Trinajstić information content (AvgIpc) is 3.09. The zero-order valence-corrected chi connectivity index (χ0v) is 16.5. The van der Waals surface area contributed by atoms with E-state index in [1.54, 1.807) is 0 Å². The molecule has 0 aliphatic heterocycles. The third kappa shape index (κ3) is 4.72. The highest BCUT2D eigenvalue weighted by molar-refractivity contribution is 9.10. The Morgan fingerprint density at radius 1 is 1.04 bits per heavy atom. The molecular weight excluding hydrogens is 442 g/mol. The minimum Gasteiger partial charge on any atom is -0.319 e. The molecule has 2 aromatic carbocycles. The van der Waals surface area contributed by atoms with Gasteiger partial charge < -0.3 is 5.32 Å².